The molecule has 18 heavy (non-hydrogen) atoms. The molecule has 0 unspecified atom stereocenters. The van der Waals surface area contributed by atoms with Crippen LogP contribution < -0.4 is 5.73 Å². The van der Waals surface area contributed by atoms with Crippen LogP contribution in [0.4, 0.5) is 18.9 Å². The zero-order chi connectivity index (χ0) is 13.9. The minimum Gasteiger partial charge on any atom is -0.396 e. The van der Waals surface area contributed by atoms with E-state index in [1.54, 1.807) is 24.1 Å². The molecule has 1 rings (SSSR count). The van der Waals surface area contributed by atoms with Crippen molar-refractivity contribution < 1.29 is 13.2 Å². The van der Waals surface area contributed by atoms with E-state index in [9.17, 15) is 13.2 Å². The Morgan fingerprint density at radius 1 is 1.22 bits per heavy atom. The first kappa shape index (κ1) is 15.4. The van der Waals surface area contributed by atoms with Crippen molar-refractivity contribution in [1.82, 2.24) is 4.90 Å². The molecule has 1 aromatic rings. The molecule has 102 valence electrons. The quantitative estimate of drug-likeness (QED) is 0.853. The highest BCUT2D eigenvalue weighted by Crippen LogP contribution is 2.29. The van der Waals surface area contributed by atoms with Gasteiger partial charge in [-0.25, -0.2) is 0 Å². The molecule has 2 nitrogen and oxygen atoms in total. The Hall–Kier alpha value is -0.650. The maximum atomic E-state index is 12.1. The fourth-order valence-electron chi connectivity index (χ4n) is 1.44. The smallest absolute Gasteiger partial charge is 0.390 e. The second-order valence-electron chi connectivity index (χ2n) is 4.08. The predicted octanol–water partition coefficient (Wildman–Crippen LogP) is 3.96. The van der Waals surface area contributed by atoms with Gasteiger partial charge in [0.15, 0.2) is 0 Å². The third-order valence-electron chi connectivity index (χ3n) is 2.37. The summed E-state index contributed by atoms with van der Waals surface area (Å²) >= 11 is 11.7. The first-order chi connectivity index (χ1) is 8.19. The predicted molar refractivity (Wildman–Crippen MR) is 67.9 cm³/mol. The van der Waals surface area contributed by atoms with Crippen LogP contribution in [0.3, 0.4) is 0 Å². The summed E-state index contributed by atoms with van der Waals surface area (Å²) in [5.41, 5.74) is 6.57. The van der Waals surface area contributed by atoms with Crippen molar-refractivity contribution >= 4 is 28.9 Å². The van der Waals surface area contributed by atoms with Gasteiger partial charge in [0.05, 0.1) is 22.2 Å². The van der Waals surface area contributed by atoms with Gasteiger partial charge in [-0.3, -0.25) is 0 Å². The number of halogens is 5. The maximum Gasteiger partial charge on any atom is 0.390 e. The highest BCUT2D eigenvalue weighted by molar-refractivity contribution is 6.38. The molecule has 0 heterocycles. The normalized spacial score (nSPS) is 12.2. The van der Waals surface area contributed by atoms with Crippen molar-refractivity contribution in [2.45, 2.75) is 19.1 Å². The molecule has 0 bridgehead atoms. The molecule has 0 spiro atoms. The fraction of sp³-hybridized carbons (Fsp3) is 0.455. The molecular weight excluding hydrogens is 288 g/mol. The Morgan fingerprint density at radius 3 is 2.17 bits per heavy atom. The van der Waals surface area contributed by atoms with E-state index in [1.807, 2.05) is 0 Å². The summed E-state index contributed by atoms with van der Waals surface area (Å²) in [6, 6.07) is 3.21. The lowest BCUT2D eigenvalue weighted by Crippen LogP contribution is -2.24. The molecule has 0 aliphatic rings. The highest BCUT2D eigenvalue weighted by Gasteiger charge is 2.27. The summed E-state index contributed by atoms with van der Waals surface area (Å²) in [7, 11) is 1.60. The number of anilines is 1. The number of alkyl halides is 3. The lowest BCUT2D eigenvalue weighted by molar-refractivity contribution is -0.137. The monoisotopic (exact) mass is 300 g/mol. The average molecular weight is 301 g/mol. The molecule has 0 saturated heterocycles. The molecule has 0 fully saturated rings. The number of hydrogen-bond donors (Lipinski definition) is 1. The van der Waals surface area contributed by atoms with Crippen LogP contribution in [0.1, 0.15) is 12.0 Å². The number of nitrogens with two attached hydrogens (primary N) is 1. The number of hydrogen-bond acceptors (Lipinski definition) is 2. The van der Waals surface area contributed by atoms with E-state index in [2.05, 4.69) is 0 Å². The zero-order valence-corrected chi connectivity index (χ0v) is 11.2. The highest BCUT2D eigenvalue weighted by atomic mass is 35.5. The van der Waals surface area contributed by atoms with E-state index < -0.39 is 12.6 Å². The summed E-state index contributed by atoms with van der Waals surface area (Å²) in [5, 5.41) is 0.614. The van der Waals surface area contributed by atoms with Crippen LogP contribution in [0.5, 0.6) is 0 Å². The van der Waals surface area contributed by atoms with Crippen LogP contribution in [0.2, 0.25) is 10.0 Å². The lowest BCUT2D eigenvalue weighted by Gasteiger charge is -2.18. The van der Waals surface area contributed by atoms with Gasteiger partial charge in [-0.1, -0.05) is 23.2 Å². The Bertz CT molecular complexity index is 398. The van der Waals surface area contributed by atoms with E-state index >= 15 is 0 Å². The largest absolute Gasteiger partial charge is 0.396 e. The standard InChI is InChI=1S/C11H13Cl2F3N2/c1-18(3-2-11(14,15)16)6-7-4-8(12)10(17)9(13)5-7/h4-5H,2-3,6,17H2,1H3. The molecule has 0 amide bonds. The van der Waals surface area contributed by atoms with Crippen LogP contribution in [-0.4, -0.2) is 24.7 Å². The van der Waals surface area contributed by atoms with Gasteiger partial charge in [-0.15, -0.1) is 0 Å². The summed E-state index contributed by atoms with van der Waals surface area (Å²) in [5.74, 6) is 0. The van der Waals surface area contributed by atoms with Crippen molar-refractivity contribution in [2.75, 3.05) is 19.3 Å². The molecule has 1 aromatic carbocycles. The van der Waals surface area contributed by atoms with Gasteiger partial charge in [0.2, 0.25) is 0 Å². The van der Waals surface area contributed by atoms with Crippen molar-refractivity contribution in [1.29, 1.82) is 0 Å². The topological polar surface area (TPSA) is 29.3 Å². The van der Waals surface area contributed by atoms with E-state index in [1.165, 1.54) is 0 Å². The number of benzene rings is 1. The SMILES string of the molecule is CN(CCC(F)(F)F)Cc1cc(Cl)c(N)c(Cl)c1. The molecule has 0 aromatic heterocycles. The molecule has 2 N–H and O–H groups in total. The minimum atomic E-state index is -4.15. The molecule has 0 aliphatic heterocycles. The van der Waals surface area contributed by atoms with Crippen LogP contribution >= 0.6 is 23.2 Å². The lowest BCUT2D eigenvalue weighted by atomic mass is 10.2. The molecule has 7 heteroatoms. The van der Waals surface area contributed by atoms with Gasteiger partial charge in [-0.2, -0.15) is 13.2 Å². The third-order valence-corrected chi connectivity index (χ3v) is 2.99. The molecule has 0 saturated carbocycles. The van der Waals surface area contributed by atoms with Gasteiger partial charge >= 0.3 is 6.18 Å². The number of nitrogen functional groups attached to an aromatic ring is 1. The fourth-order valence-corrected chi connectivity index (χ4v) is 1.97. The molecule has 0 aliphatic carbocycles. The molecular formula is C11H13Cl2F3N2. The van der Waals surface area contributed by atoms with Gasteiger partial charge in [0, 0.05) is 13.1 Å². The average Bonchev–Trinajstić information content (AvgIpc) is 2.22. The summed E-state index contributed by atoms with van der Waals surface area (Å²) in [6.07, 6.45) is -5.00. The van der Waals surface area contributed by atoms with Crippen molar-refractivity contribution in [3.63, 3.8) is 0 Å². The van der Waals surface area contributed by atoms with Gasteiger partial charge < -0.3 is 10.6 Å². The summed E-state index contributed by atoms with van der Waals surface area (Å²) in [4.78, 5) is 1.55. The minimum absolute atomic E-state index is 0.0802. The summed E-state index contributed by atoms with van der Waals surface area (Å²) < 4.78 is 36.2. The van der Waals surface area contributed by atoms with Crippen molar-refractivity contribution in [3.8, 4) is 0 Å². The van der Waals surface area contributed by atoms with Crippen LogP contribution in [0, 0.1) is 0 Å². The van der Waals surface area contributed by atoms with Crippen LogP contribution in [-0.2, 0) is 6.54 Å². The van der Waals surface area contributed by atoms with Gasteiger partial charge in [0.25, 0.3) is 0 Å². The maximum absolute atomic E-state index is 12.1. The number of nitrogens with zero attached hydrogens (tertiary/aromatic N) is 1. The molecule has 0 atom stereocenters. The second kappa shape index (κ2) is 5.99. The van der Waals surface area contributed by atoms with E-state index in [-0.39, 0.29) is 12.2 Å². The van der Waals surface area contributed by atoms with Gasteiger partial charge in [0.1, 0.15) is 0 Å². The Kier molecular flexibility index (Phi) is 5.13. The van der Waals surface area contributed by atoms with E-state index in [0.717, 1.165) is 5.56 Å². The first-order valence-corrected chi connectivity index (χ1v) is 5.93. The first-order valence-electron chi connectivity index (χ1n) is 5.18. The van der Waals surface area contributed by atoms with Crippen molar-refractivity contribution in [3.05, 3.63) is 27.7 Å². The second-order valence-corrected chi connectivity index (χ2v) is 4.89. The zero-order valence-electron chi connectivity index (χ0n) is 9.69. The Balaban J connectivity index is 2.62. The van der Waals surface area contributed by atoms with Crippen molar-refractivity contribution in [2.24, 2.45) is 0 Å². The van der Waals surface area contributed by atoms with Crippen LogP contribution in [0.15, 0.2) is 12.1 Å². The van der Waals surface area contributed by atoms with E-state index in [4.69, 9.17) is 28.9 Å². The van der Waals surface area contributed by atoms with E-state index in [0.29, 0.717) is 16.6 Å². The molecule has 0 radical (unpaired) electrons. The van der Waals surface area contributed by atoms with Gasteiger partial charge in [-0.05, 0) is 24.7 Å². The third kappa shape index (κ3) is 4.92. The van der Waals surface area contributed by atoms with Crippen LogP contribution in [0.25, 0.3) is 0 Å². The summed E-state index contributed by atoms with van der Waals surface area (Å²) in [6.45, 7) is 0.249. The number of rotatable bonds is 4. The Labute approximate surface area is 113 Å². The Morgan fingerprint density at radius 2 is 1.72 bits per heavy atom.